The van der Waals surface area contributed by atoms with E-state index in [-0.39, 0.29) is 16.8 Å². The Balaban J connectivity index is 2.21. The van der Waals surface area contributed by atoms with Crippen LogP contribution in [0.25, 0.3) is 0 Å². The van der Waals surface area contributed by atoms with Gasteiger partial charge in [-0.3, -0.25) is 14.5 Å². The number of aliphatic hydroxyl groups is 1. The maximum atomic E-state index is 14.3. The summed E-state index contributed by atoms with van der Waals surface area (Å²) in [5, 5.41) is 10.1. The molecule has 0 aromatic heterocycles. The highest BCUT2D eigenvalue weighted by atomic mass is 19.1. The van der Waals surface area contributed by atoms with Crippen LogP contribution < -0.4 is 4.90 Å². The van der Waals surface area contributed by atoms with Crippen molar-refractivity contribution in [2.24, 2.45) is 0 Å². The number of ketones is 1. The average molecular weight is 329 g/mol. The average Bonchev–Trinajstić information content (AvgIpc) is 2.81. The molecule has 0 radical (unpaired) electrons. The Morgan fingerprint density at radius 3 is 2.29 bits per heavy atom. The van der Waals surface area contributed by atoms with Crippen LogP contribution in [-0.4, -0.2) is 16.8 Å². The second kappa shape index (κ2) is 5.88. The molecule has 1 heterocycles. The highest BCUT2D eigenvalue weighted by molar-refractivity contribution is 6.16. The molecule has 4 nitrogen and oxygen atoms in total. The van der Waals surface area contributed by atoms with Crippen LogP contribution in [0.2, 0.25) is 0 Å². The van der Waals surface area contributed by atoms with Gasteiger partial charge in [0, 0.05) is 11.3 Å². The summed E-state index contributed by atoms with van der Waals surface area (Å²) in [6.07, 6.45) is 0. The molecule has 0 bridgehead atoms. The molecule has 2 aromatic rings. The first kappa shape index (κ1) is 15.9. The molecule has 0 spiro atoms. The Morgan fingerprint density at radius 2 is 1.71 bits per heavy atom. The quantitative estimate of drug-likeness (QED) is 0.938. The zero-order chi connectivity index (χ0) is 17.4. The SMILES string of the molecule is CC(=O)C1=C(O)C(=O)N(c2ccc(F)cc2)C1c1ccccc1F. The van der Waals surface area contributed by atoms with Crippen molar-refractivity contribution in [1.82, 2.24) is 0 Å². The first-order valence-corrected chi connectivity index (χ1v) is 7.19. The number of carbonyl (C=O) groups excluding carboxylic acids is 2. The van der Waals surface area contributed by atoms with E-state index in [4.69, 9.17) is 0 Å². The van der Waals surface area contributed by atoms with Crippen LogP contribution >= 0.6 is 0 Å². The number of anilines is 1. The minimum Gasteiger partial charge on any atom is -0.503 e. The van der Waals surface area contributed by atoms with E-state index < -0.39 is 35.1 Å². The van der Waals surface area contributed by atoms with Crippen LogP contribution in [0.1, 0.15) is 18.5 Å². The van der Waals surface area contributed by atoms with Gasteiger partial charge in [-0.2, -0.15) is 0 Å². The highest BCUT2D eigenvalue weighted by Gasteiger charge is 2.44. The Hall–Kier alpha value is -3.02. The van der Waals surface area contributed by atoms with Gasteiger partial charge in [0.2, 0.25) is 0 Å². The number of rotatable bonds is 3. The monoisotopic (exact) mass is 329 g/mol. The second-order valence-corrected chi connectivity index (χ2v) is 5.39. The lowest BCUT2D eigenvalue weighted by Gasteiger charge is -2.26. The molecule has 1 aliphatic heterocycles. The zero-order valence-corrected chi connectivity index (χ0v) is 12.7. The second-order valence-electron chi connectivity index (χ2n) is 5.39. The molecule has 24 heavy (non-hydrogen) atoms. The van der Waals surface area contributed by atoms with E-state index in [9.17, 15) is 23.5 Å². The van der Waals surface area contributed by atoms with Crippen molar-refractivity contribution in [3.05, 3.63) is 77.1 Å². The van der Waals surface area contributed by atoms with Crippen LogP contribution in [-0.2, 0) is 9.59 Å². The number of hydrogen-bond acceptors (Lipinski definition) is 3. The van der Waals surface area contributed by atoms with Crippen molar-refractivity contribution in [3.8, 4) is 0 Å². The number of Topliss-reactive ketones (excluding diaryl/α,β-unsaturated/α-hetero) is 1. The zero-order valence-electron chi connectivity index (χ0n) is 12.7. The molecule has 2 aromatic carbocycles. The Kier molecular flexibility index (Phi) is 3.89. The van der Waals surface area contributed by atoms with Crippen molar-refractivity contribution < 1.29 is 23.5 Å². The maximum Gasteiger partial charge on any atom is 0.294 e. The van der Waals surface area contributed by atoms with Crippen molar-refractivity contribution in [2.75, 3.05) is 4.90 Å². The van der Waals surface area contributed by atoms with Crippen molar-refractivity contribution >= 4 is 17.4 Å². The van der Waals surface area contributed by atoms with Gasteiger partial charge in [0.05, 0.1) is 11.6 Å². The summed E-state index contributed by atoms with van der Waals surface area (Å²) in [4.78, 5) is 25.5. The van der Waals surface area contributed by atoms with Crippen molar-refractivity contribution in [1.29, 1.82) is 0 Å². The first-order valence-electron chi connectivity index (χ1n) is 7.19. The maximum absolute atomic E-state index is 14.3. The Labute approximate surface area is 136 Å². The van der Waals surface area contributed by atoms with Crippen LogP contribution in [0, 0.1) is 11.6 Å². The Morgan fingerprint density at radius 1 is 1.08 bits per heavy atom. The summed E-state index contributed by atoms with van der Waals surface area (Å²) >= 11 is 0. The molecule has 1 unspecified atom stereocenters. The molecule has 6 heteroatoms. The van der Waals surface area contributed by atoms with Crippen LogP contribution in [0.3, 0.4) is 0 Å². The molecule has 122 valence electrons. The lowest BCUT2D eigenvalue weighted by atomic mass is 9.96. The topological polar surface area (TPSA) is 57.6 Å². The highest BCUT2D eigenvalue weighted by Crippen LogP contribution is 2.41. The number of hydrogen-bond donors (Lipinski definition) is 1. The molecule has 1 N–H and O–H groups in total. The minimum absolute atomic E-state index is 0.0735. The van der Waals surface area contributed by atoms with Gasteiger partial charge >= 0.3 is 0 Å². The molecular weight excluding hydrogens is 316 g/mol. The molecule has 1 aliphatic rings. The molecule has 0 saturated carbocycles. The summed E-state index contributed by atoms with van der Waals surface area (Å²) < 4.78 is 27.4. The standard InChI is InChI=1S/C18H13F2NO3/c1-10(22)15-16(13-4-2-3-5-14(13)20)21(18(24)17(15)23)12-8-6-11(19)7-9-12/h2-9,16,23H,1H3. The molecule has 0 fully saturated rings. The number of nitrogens with zero attached hydrogens (tertiary/aromatic N) is 1. The van der Waals surface area contributed by atoms with Gasteiger partial charge in [-0.1, -0.05) is 18.2 Å². The van der Waals surface area contributed by atoms with E-state index in [0.717, 1.165) is 17.0 Å². The number of benzene rings is 2. The summed E-state index contributed by atoms with van der Waals surface area (Å²) in [7, 11) is 0. The van der Waals surface area contributed by atoms with E-state index in [2.05, 4.69) is 0 Å². The first-order chi connectivity index (χ1) is 11.4. The third kappa shape index (κ3) is 2.46. The fourth-order valence-electron chi connectivity index (χ4n) is 2.82. The van der Waals surface area contributed by atoms with Crippen molar-refractivity contribution in [3.63, 3.8) is 0 Å². The van der Waals surface area contributed by atoms with Crippen LogP contribution in [0.15, 0.2) is 59.9 Å². The largest absolute Gasteiger partial charge is 0.503 e. The third-order valence-corrected chi connectivity index (χ3v) is 3.89. The van der Waals surface area contributed by atoms with E-state index >= 15 is 0 Å². The van der Waals surface area contributed by atoms with Crippen LogP contribution in [0.4, 0.5) is 14.5 Å². The molecule has 0 saturated heterocycles. The summed E-state index contributed by atoms with van der Waals surface area (Å²) in [6, 6.07) is 9.53. The summed E-state index contributed by atoms with van der Waals surface area (Å²) in [5.41, 5.74) is 0.135. The van der Waals surface area contributed by atoms with E-state index in [1.54, 1.807) is 6.07 Å². The fourth-order valence-corrected chi connectivity index (χ4v) is 2.82. The van der Waals surface area contributed by atoms with Gasteiger partial charge in [0.15, 0.2) is 11.5 Å². The van der Waals surface area contributed by atoms with Gasteiger partial charge in [-0.25, -0.2) is 8.78 Å². The number of carbonyl (C=O) groups is 2. The van der Waals surface area contributed by atoms with E-state index in [1.807, 2.05) is 0 Å². The number of halogens is 2. The lowest BCUT2D eigenvalue weighted by molar-refractivity contribution is -0.117. The van der Waals surface area contributed by atoms with Gasteiger partial charge in [0.25, 0.3) is 5.91 Å². The predicted molar refractivity (Wildman–Crippen MR) is 83.4 cm³/mol. The van der Waals surface area contributed by atoms with Gasteiger partial charge in [0.1, 0.15) is 11.6 Å². The normalized spacial score (nSPS) is 17.5. The smallest absolute Gasteiger partial charge is 0.294 e. The molecule has 3 rings (SSSR count). The summed E-state index contributed by atoms with van der Waals surface area (Å²) in [6.45, 7) is 1.20. The molecular formula is C18H13F2NO3. The van der Waals surface area contributed by atoms with E-state index in [1.165, 1.54) is 37.3 Å². The lowest BCUT2D eigenvalue weighted by Crippen LogP contribution is -2.31. The predicted octanol–water partition coefficient (Wildman–Crippen LogP) is 3.45. The van der Waals surface area contributed by atoms with Gasteiger partial charge in [-0.15, -0.1) is 0 Å². The van der Waals surface area contributed by atoms with E-state index in [0.29, 0.717) is 0 Å². The molecule has 1 atom stereocenters. The molecule has 0 aliphatic carbocycles. The van der Waals surface area contributed by atoms with Gasteiger partial charge < -0.3 is 5.11 Å². The third-order valence-electron chi connectivity index (χ3n) is 3.89. The minimum atomic E-state index is -1.11. The fraction of sp³-hybridized carbons (Fsp3) is 0.111. The van der Waals surface area contributed by atoms with Crippen LogP contribution in [0.5, 0.6) is 0 Å². The number of amides is 1. The number of aliphatic hydroxyl groups excluding tert-OH is 1. The Bertz CT molecular complexity index is 859. The van der Waals surface area contributed by atoms with Gasteiger partial charge in [-0.05, 0) is 37.3 Å². The summed E-state index contributed by atoms with van der Waals surface area (Å²) in [5.74, 6) is -3.22. The molecule has 1 amide bonds. The van der Waals surface area contributed by atoms with Crippen molar-refractivity contribution in [2.45, 2.75) is 13.0 Å².